The van der Waals surface area contributed by atoms with Crippen molar-refractivity contribution in [3.05, 3.63) is 91.5 Å². The van der Waals surface area contributed by atoms with Crippen LogP contribution in [0.2, 0.25) is 0 Å². The summed E-state index contributed by atoms with van der Waals surface area (Å²) in [6.07, 6.45) is 6.85. The van der Waals surface area contributed by atoms with E-state index < -0.39 is 30.2 Å². The van der Waals surface area contributed by atoms with E-state index in [2.05, 4.69) is 11.6 Å². The minimum atomic E-state index is -1.52. The van der Waals surface area contributed by atoms with Gasteiger partial charge in [0.15, 0.2) is 0 Å². The maximum absolute atomic E-state index is 12.5. The molecule has 0 spiro atoms. The standard InChI is InChI=1S/C34H36N4O6.3Na.V/c1-7-19-15(3)23-12-25-17(5)21(9-10-29(39)40)32(37-25)22(11-30(41)42)33-31(34(43)44)18(6)26(38-33)14-28-20(8-2)16(4)24(36-28)13-27(19)35-23;;;;/h7,12-14,17,21H,1,8-11H2,2-6H3,(H5,35,36,37,38,39,40,41,42,43,44);;;;/q;3*+1;+2/p-5. The zero-order chi connectivity index (χ0) is 32.0. The van der Waals surface area contributed by atoms with Gasteiger partial charge in [0, 0.05) is 47.1 Å². The topological polar surface area (TPSA) is 178 Å². The molecule has 2 unspecified atom stereocenters. The number of carboxylic acid groups (broad SMARTS) is 2. The Kier molecular flexibility index (Phi) is 16.9. The molecule has 0 amide bonds. The third kappa shape index (κ3) is 8.54. The zero-order valence-electron chi connectivity index (χ0n) is 28.7. The molecule has 14 heteroatoms. The van der Waals surface area contributed by atoms with Crippen LogP contribution in [-0.4, -0.2) is 29.1 Å². The number of fused-ring (bicyclic) bond motifs is 5. The molecule has 8 bridgehead atoms. The first-order chi connectivity index (χ1) is 20.9. The molecule has 0 saturated heterocycles. The van der Waals surface area contributed by atoms with Gasteiger partial charge in [-0.05, 0) is 62.8 Å². The van der Waals surface area contributed by atoms with Crippen LogP contribution in [0.3, 0.4) is 0 Å². The fourth-order valence-electron chi connectivity index (χ4n) is 6.34. The summed E-state index contributed by atoms with van der Waals surface area (Å²) in [6.45, 7) is 13.3. The summed E-state index contributed by atoms with van der Waals surface area (Å²) in [5, 5.41) is 50.0. The van der Waals surface area contributed by atoms with Gasteiger partial charge in [-0.2, -0.15) is 5.95 Å². The van der Waals surface area contributed by atoms with Crippen molar-refractivity contribution in [3.63, 3.8) is 0 Å². The molecule has 1 aromatic heterocycles. The van der Waals surface area contributed by atoms with Crippen LogP contribution in [-0.2, 0) is 34.6 Å². The summed E-state index contributed by atoms with van der Waals surface area (Å²) >= 11 is 0. The molecule has 0 aromatic carbocycles. The molecule has 4 aliphatic rings. The minimum Gasteiger partial charge on any atom is -0.883 e. The van der Waals surface area contributed by atoms with E-state index in [0.717, 1.165) is 22.3 Å². The van der Waals surface area contributed by atoms with E-state index in [1.807, 2.05) is 33.8 Å². The van der Waals surface area contributed by atoms with Crippen molar-refractivity contribution in [1.82, 2.24) is 4.98 Å². The third-order valence-corrected chi connectivity index (χ3v) is 8.76. The molecule has 10 nitrogen and oxygen atoms in total. The van der Waals surface area contributed by atoms with Crippen LogP contribution < -0.4 is 125 Å². The maximum Gasteiger partial charge on any atom is 2.00 e. The number of nitrogens with zero attached hydrogens (tertiary/aromatic N) is 4. The van der Waals surface area contributed by atoms with Gasteiger partial charge < -0.3 is 35.0 Å². The smallest absolute Gasteiger partial charge is 0.883 e. The summed E-state index contributed by atoms with van der Waals surface area (Å²) in [7, 11) is 0. The number of aliphatic imine (C=N–C) groups is 3. The van der Waals surface area contributed by atoms with Crippen LogP contribution >= 0.6 is 0 Å². The SMILES string of the molecule is C=CC1=C(C)C2=CC3=NC(=C(CC(=O)[O-])C4=NC(=C(C)C4=C([O-])[O-])C=c4[n-]c(c(C)c4CC)=CC1=N2)C(CCC(=O)[O-])C3C.[Na+].[Na+].[Na+].[V+2]. The Morgan fingerprint density at radius 1 is 0.938 bits per heavy atom. The van der Waals surface area contributed by atoms with E-state index >= 15 is 0 Å². The number of aliphatic carboxylic acids is 2. The van der Waals surface area contributed by atoms with E-state index in [4.69, 9.17) is 15.0 Å². The summed E-state index contributed by atoms with van der Waals surface area (Å²) in [5.74, 6) is -5.20. The predicted octanol–water partition coefficient (Wildman–Crippen LogP) is -9.77. The van der Waals surface area contributed by atoms with Crippen LogP contribution in [0.5, 0.6) is 0 Å². The number of carbonyl (C=O) groups is 2. The predicted molar refractivity (Wildman–Crippen MR) is 159 cm³/mol. The quantitative estimate of drug-likeness (QED) is 0.199. The molecule has 1 aromatic rings. The first-order valence-electron chi connectivity index (χ1n) is 14.5. The molecule has 0 N–H and O–H groups in total. The molecular weight excluding hydrogens is 680 g/mol. The van der Waals surface area contributed by atoms with Gasteiger partial charge in [0.05, 0.1) is 28.5 Å². The van der Waals surface area contributed by atoms with E-state index in [9.17, 15) is 30.0 Å². The van der Waals surface area contributed by atoms with Crippen molar-refractivity contribution in [2.24, 2.45) is 26.8 Å². The average Bonchev–Trinajstić information content (AvgIpc) is 3.63. The van der Waals surface area contributed by atoms with Gasteiger partial charge in [-0.3, -0.25) is 4.99 Å². The van der Waals surface area contributed by atoms with E-state index in [1.165, 1.54) is 0 Å². The fourth-order valence-corrected chi connectivity index (χ4v) is 6.34. The molecule has 2 atom stereocenters. The Morgan fingerprint density at radius 2 is 1.60 bits per heavy atom. The zero-order valence-corrected chi connectivity index (χ0v) is 36.1. The first-order valence-corrected chi connectivity index (χ1v) is 14.5. The Morgan fingerprint density at radius 3 is 2.17 bits per heavy atom. The van der Waals surface area contributed by atoms with Crippen molar-refractivity contribution < 1.29 is 137 Å². The average molecular weight is 712 g/mol. The van der Waals surface area contributed by atoms with Crippen molar-refractivity contribution in [2.75, 3.05) is 0 Å². The summed E-state index contributed by atoms with van der Waals surface area (Å²) in [6, 6.07) is 0. The van der Waals surface area contributed by atoms with E-state index in [-0.39, 0.29) is 154 Å². The molecule has 231 valence electrons. The number of carboxylic acids is 2. The Balaban J connectivity index is 0.00000288. The molecule has 5 heterocycles. The van der Waals surface area contributed by atoms with Gasteiger partial charge in [-0.25, -0.2) is 9.98 Å². The van der Waals surface area contributed by atoms with Gasteiger partial charge in [-0.15, -0.1) is 10.7 Å². The largest absolute Gasteiger partial charge is 2.00 e. The van der Waals surface area contributed by atoms with Crippen molar-refractivity contribution >= 4 is 41.2 Å². The summed E-state index contributed by atoms with van der Waals surface area (Å²) in [5.41, 5.74) is 5.92. The van der Waals surface area contributed by atoms with Crippen LogP contribution in [0.4, 0.5) is 0 Å². The number of allylic oxidation sites excluding steroid dienone is 8. The minimum absolute atomic E-state index is 0. The third-order valence-electron chi connectivity index (χ3n) is 8.76. The molecule has 0 fully saturated rings. The van der Waals surface area contributed by atoms with Gasteiger partial charge >= 0.3 is 107 Å². The number of hydrogen-bond acceptors (Lipinski definition) is 9. The van der Waals surface area contributed by atoms with Crippen LogP contribution in [0.25, 0.3) is 12.2 Å². The van der Waals surface area contributed by atoms with Crippen LogP contribution in [0.15, 0.2) is 84.6 Å². The van der Waals surface area contributed by atoms with Crippen molar-refractivity contribution in [1.29, 1.82) is 0 Å². The Bertz CT molecular complexity index is 1920. The molecular formula is C34H31N4Na3O6V. The second-order valence-corrected chi connectivity index (χ2v) is 11.3. The molecule has 0 aliphatic carbocycles. The number of rotatable bonds is 7. The molecule has 4 aliphatic heterocycles. The van der Waals surface area contributed by atoms with Crippen molar-refractivity contribution in [3.8, 4) is 0 Å². The van der Waals surface area contributed by atoms with Gasteiger partial charge in [0.2, 0.25) is 0 Å². The maximum atomic E-state index is 12.5. The molecule has 0 saturated carbocycles. The number of aromatic nitrogens is 1. The Labute approximate surface area is 357 Å². The normalized spacial score (nSPS) is 19.3. The monoisotopic (exact) mass is 711 g/mol. The van der Waals surface area contributed by atoms with E-state index in [1.54, 1.807) is 25.2 Å². The Hall–Kier alpha value is -1.41. The number of hydrogen-bond donors (Lipinski definition) is 0. The summed E-state index contributed by atoms with van der Waals surface area (Å²) < 4.78 is 0. The van der Waals surface area contributed by atoms with Crippen LogP contribution in [0.1, 0.15) is 58.1 Å². The van der Waals surface area contributed by atoms with Gasteiger partial charge in [0.25, 0.3) is 0 Å². The first kappa shape index (κ1) is 44.6. The number of carbonyl (C=O) groups excluding carboxylic acids is 2. The van der Waals surface area contributed by atoms with Gasteiger partial charge in [-0.1, -0.05) is 49.8 Å². The molecule has 1 radical (unpaired) electrons. The van der Waals surface area contributed by atoms with Gasteiger partial charge in [0.1, 0.15) is 0 Å². The molecule has 48 heavy (non-hydrogen) atoms. The van der Waals surface area contributed by atoms with Crippen LogP contribution in [0, 0.1) is 18.8 Å². The molecule has 5 rings (SSSR count). The summed E-state index contributed by atoms with van der Waals surface area (Å²) in [4.78, 5) is 42.8. The van der Waals surface area contributed by atoms with E-state index in [0.29, 0.717) is 39.9 Å². The van der Waals surface area contributed by atoms with Crippen molar-refractivity contribution in [2.45, 2.75) is 60.3 Å². The fraction of sp³-hybridized carbons (Fsp3) is 0.324. The second kappa shape index (κ2) is 18.2. The second-order valence-electron chi connectivity index (χ2n) is 11.3.